The number of nitrogens with one attached hydrogen (secondary N) is 1. The first-order valence-corrected chi connectivity index (χ1v) is 13.0. The molecule has 1 heterocycles. The highest BCUT2D eigenvalue weighted by Crippen LogP contribution is 2.32. The number of nitrogens with zero attached hydrogens (tertiary/aromatic N) is 1. The van der Waals surface area contributed by atoms with Crippen LogP contribution in [0.4, 0.5) is 4.79 Å². The maximum atomic E-state index is 12.4. The lowest BCUT2D eigenvalue weighted by molar-refractivity contribution is -0.125. The SMILES string of the molecule is CCC(C)(C)OC(=O)N1CCC(COc2ccc(C3=CCC(C(=O)NC4CC4)CC3)cc2)CC1. The number of piperidine rings is 1. The third kappa shape index (κ3) is 6.77. The zero-order valence-corrected chi connectivity index (χ0v) is 21.0. The van der Waals surface area contributed by atoms with Crippen molar-refractivity contribution in [2.24, 2.45) is 11.8 Å². The molecule has 0 aromatic heterocycles. The molecule has 3 aliphatic rings. The largest absolute Gasteiger partial charge is 0.493 e. The minimum atomic E-state index is -0.413. The molecule has 1 aromatic carbocycles. The Balaban J connectivity index is 1.19. The molecule has 34 heavy (non-hydrogen) atoms. The van der Waals surface area contributed by atoms with E-state index in [1.165, 1.54) is 11.1 Å². The van der Waals surface area contributed by atoms with Crippen LogP contribution in [-0.2, 0) is 9.53 Å². The summed E-state index contributed by atoms with van der Waals surface area (Å²) in [5, 5.41) is 3.14. The van der Waals surface area contributed by atoms with E-state index >= 15 is 0 Å². The average Bonchev–Trinajstić information content (AvgIpc) is 3.67. The molecule has 0 spiro atoms. The number of allylic oxidation sites excluding steroid dienone is 2. The van der Waals surface area contributed by atoms with Crippen LogP contribution in [-0.4, -0.2) is 48.2 Å². The van der Waals surface area contributed by atoms with Gasteiger partial charge in [0.2, 0.25) is 5.91 Å². The Labute approximate surface area is 204 Å². The van der Waals surface area contributed by atoms with Crippen molar-refractivity contribution in [2.45, 2.75) is 83.8 Å². The van der Waals surface area contributed by atoms with Gasteiger partial charge in [-0.25, -0.2) is 4.79 Å². The molecule has 1 aliphatic heterocycles. The molecule has 1 atom stereocenters. The van der Waals surface area contributed by atoms with Crippen LogP contribution in [0.15, 0.2) is 30.3 Å². The van der Waals surface area contributed by atoms with E-state index in [0.717, 1.165) is 70.2 Å². The Hall–Kier alpha value is -2.50. The van der Waals surface area contributed by atoms with Crippen molar-refractivity contribution in [3.05, 3.63) is 35.9 Å². The standard InChI is InChI=1S/C28H40N2O4/c1-4-28(2,3)34-27(32)30-17-15-20(16-18-30)19-33-25-13-9-22(10-14-25)21-5-7-23(8-6-21)26(31)29-24-11-12-24/h5,9-10,13-14,20,23-24H,4,6-8,11-12,15-19H2,1-3H3,(H,29,31). The number of rotatable bonds is 8. The van der Waals surface area contributed by atoms with Crippen LogP contribution < -0.4 is 10.1 Å². The molecular formula is C28H40N2O4. The molecule has 1 saturated heterocycles. The van der Waals surface area contributed by atoms with E-state index in [0.29, 0.717) is 18.6 Å². The number of hydrogen-bond acceptors (Lipinski definition) is 4. The second-order valence-electron chi connectivity index (χ2n) is 10.7. The first-order chi connectivity index (χ1) is 16.3. The fourth-order valence-electron chi connectivity index (χ4n) is 4.52. The van der Waals surface area contributed by atoms with Crippen molar-refractivity contribution >= 4 is 17.6 Å². The summed E-state index contributed by atoms with van der Waals surface area (Å²) < 4.78 is 11.7. The zero-order valence-electron chi connectivity index (χ0n) is 21.0. The number of benzene rings is 1. The monoisotopic (exact) mass is 468 g/mol. The molecule has 1 unspecified atom stereocenters. The van der Waals surface area contributed by atoms with E-state index < -0.39 is 5.60 Å². The first-order valence-electron chi connectivity index (χ1n) is 13.0. The molecule has 0 bridgehead atoms. The molecule has 2 aliphatic carbocycles. The van der Waals surface area contributed by atoms with Crippen LogP contribution in [0.1, 0.15) is 77.7 Å². The molecule has 0 radical (unpaired) electrons. The lowest BCUT2D eigenvalue weighted by atomic mass is 9.86. The normalized spacial score (nSPS) is 21.6. The van der Waals surface area contributed by atoms with Crippen LogP contribution in [0.3, 0.4) is 0 Å². The minimum Gasteiger partial charge on any atom is -0.493 e. The van der Waals surface area contributed by atoms with Gasteiger partial charge < -0.3 is 19.7 Å². The number of likely N-dealkylation sites (tertiary alicyclic amines) is 1. The van der Waals surface area contributed by atoms with Gasteiger partial charge in [0.25, 0.3) is 0 Å². The fourth-order valence-corrected chi connectivity index (χ4v) is 4.52. The average molecular weight is 469 g/mol. The van der Waals surface area contributed by atoms with Gasteiger partial charge >= 0.3 is 6.09 Å². The van der Waals surface area contributed by atoms with Crippen molar-refractivity contribution < 1.29 is 19.1 Å². The predicted molar refractivity (Wildman–Crippen MR) is 134 cm³/mol. The van der Waals surface area contributed by atoms with Gasteiger partial charge in [-0.3, -0.25) is 4.79 Å². The number of ether oxygens (including phenoxy) is 2. The van der Waals surface area contributed by atoms with E-state index in [1.54, 1.807) is 0 Å². The van der Waals surface area contributed by atoms with Gasteiger partial charge in [-0.15, -0.1) is 0 Å². The summed E-state index contributed by atoms with van der Waals surface area (Å²) in [6, 6.07) is 8.77. The second-order valence-corrected chi connectivity index (χ2v) is 10.7. The van der Waals surface area contributed by atoms with Gasteiger partial charge in [0.1, 0.15) is 11.4 Å². The Morgan fingerprint density at radius 3 is 2.35 bits per heavy atom. The number of hydrogen-bond donors (Lipinski definition) is 1. The summed E-state index contributed by atoms with van der Waals surface area (Å²) in [5.41, 5.74) is 2.13. The molecule has 1 N–H and O–H groups in total. The Kier molecular flexibility index (Phi) is 7.84. The van der Waals surface area contributed by atoms with Crippen molar-refractivity contribution in [3.63, 3.8) is 0 Å². The van der Waals surface area contributed by atoms with Crippen molar-refractivity contribution in [3.8, 4) is 5.75 Å². The second kappa shape index (κ2) is 10.8. The summed E-state index contributed by atoms with van der Waals surface area (Å²) >= 11 is 0. The van der Waals surface area contributed by atoms with E-state index in [1.807, 2.05) is 37.8 Å². The topological polar surface area (TPSA) is 67.9 Å². The summed E-state index contributed by atoms with van der Waals surface area (Å²) in [6.45, 7) is 8.04. The van der Waals surface area contributed by atoms with Crippen molar-refractivity contribution in [1.82, 2.24) is 10.2 Å². The maximum Gasteiger partial charge on any atom is 0.410 e. The van der Waals surface area contributed by atoms with Crippen LogP contribution in [0, 0.1) is 11.8 Å². The maximum absolute atomic E-state index is 12.4. The first kappa shape index (κ1) is 24.6. The fraction of sp³-hybridized carbons (Fsp3) is 0.643. The molecule has 2 amide bonds. The summed E-state index contributed by atoms with van der Waals surface area (Å²) in [6.07, 6.45) is 9.67. The summed E-state index contributed by atoms with van der Waals surface area (Å²) in [5.74, 6) is 1.68. The van der Waals surface area contributed by atoms with Crippen molar-refractivity contribution in [1.29, 1.82) is 0 Å². The molecule has 6 nitrogen and oxygen atoms in total. The van der Waals surface area contributed by atoms with Crippen LogP contribution in [0.5, 0.6) is 5.75 Å². The minimum absolute atomic E-state index is 0.123. The number of carbonyl (C=O) groups is 2. The molecule has 4 rings (SSSR count). The van der Waals surface area contributed by atoms with Gasteiger partial charge in [-0.1, -0.05) is 25.1 Å². The number of amides is 2. The van der Waals surface area contributed by atoms with Crippen molar-refractivity contribution in [2.75, 3.05) is 19.7 Å². The molecule has 2 fully saturated rings. The third-order valence-corrected chi connectivity index (χ3v) is 7.50. The van der Waals surface area contributed by atoms with Crippen LogP contribution in [0.2, 0.25) is 0 Å². The quantitative estimate of drug-likeness (QED) is 0.542. The zero-order chi connectivity index (χ0) is 24.1. The third-order valence-electron chi connectivity index (χ3n) is 7.50. The van der Waals surface area contributed by atoms with Gasteiger partial charge in [-0.05, 0) is 94.4 Å². The lowest BCUT2D eigenvalue weighted by Crippen LogP contribution is -2.43. The highest BCUT2D eigenvalue weighted by atomic mass is 16.6. The van der Waals surface area contributed by atoms with E-state index in [-0.39, 0.29) is 17.9 Å². The summed E-state index contributed by atoms with van der Waals surface area (Å²) in [4.78, 5) is 26.5. The lowest BCUT2D eigenvalue weighted by Gasteiger charge is -2.34. The van der Waals surface area contributed by atoms with Crippen LogP contribution in [0.25, 0.3) is 5.57 Å². The van der Waals surface area contributed by atoms with Gasteiger partial charge in [-0.2, -0.15) is 0 Å². The van der Waals surface area contributed by atoms with Gasteiger partial charge in [0.15, 0.2) is 0 Å². The molecule has 186 valence electrons. The van der Waals surface area contributed by atoms with E-state index in [4.69, 9.17) is 9.47 Å². The molecule has 1 aromatic rings. The number of carbonyl (C=O) groups excluding carboxylic acids is 2. The van der Waals surface area contributed by atoms with Gasteiger partial charge in [0.05, 0.1) is 6.61 Å². The smallest absolute Gasteiger partial charge is 0.410 e. The Morgan fingerprint density at radius 1 is 1.06 bits per heavy atom. The Morgan fingerprint density at radius 2 is 1.76 bits per heavy atom. The van der Waals surface area contributed by atoms with E-state index in [9.17, 15) is 9.59 Å². The van der Waals surface area contributed by atoms with Crippen LogP contribution >= 0.6 is 0 Å². The highest BCUT2D eigenvalue weighted by molar-refractivity contribution is 5.81. The molecular weight excluding hydrogens is 428 g/mol. The Bertz CT molecular complexity index is 880. The molecule has 6 heteroatoms. The summed E-state index contributed by atoms with van der Waals surface area (Å²) in [7, 11) is 0. The predicted octanol–water partition coefficient (Wildman–Crippen LogP) is 5.56. The molecule has 1 saturated carbocycles. The van der Waals surface area contributed by atoms with Gasteiger partial charge in [0, 0.05) is 25.0 Å². The highest BCUT2D eigenvalue weighted by Gasteiger charge is 2.29. The van der Waals surface area contributed by atoms with E-state index in [2.05, 4.69) is 23.5 Å².